The van der Waals surface area contributed by atoms with Gasteiger partial charge in [-0.1, -0.05) is 29.8 Å². The first-order chi connectivity index (χ1) is 15.0. The quantitative estimate of drug-likeness (QED) is 0.600. The number of piperidine rings is 1. The van der Waals surface area contributed by atoms with Gasteiger partial charge >= 0.3 is 0 Å². The normalized spacial score (nSPS) is 16.1. The molecule has 0 saturated carbocycles. The monoisotopic (exact) mass is 433 g/mol. The van der Waals surface area contributed by atoms with Crippen molar-refractivity contribution in [1.82, 2.24) is 9.88 Å². The van der Waals surface area contributed by atoms with Gasteiger partial charge in [-0.05, 0) is 61.4 Å². The number of benzene rings is 2. The molecule has 3 aromatic rings. The molecule has 2 aromatic carbocycles. The summed E-state index contributed by atoms with van der Waals surface area (Å²) in [6.07, 6.45) is 1.93. The third kappa shape index (κ3) is 5.12. The van der Waals surface area contributed by atoms with Crippen LogP contribution < -0.4 is 5.32 Å². The van der Waals surface area contributed by atoms with Crippen molar-refractivity contribution < 1.29 is 9.59 Å². The second-order valence-electron chi connectivity index (χ2n) is 7.81. The van der Waals surface area contributed by atoms with Crippen molar-refractivity contribution in [3.05, 3.63) is 83.0 Å². The number of carbonyl (C=O) groups excluding carboxylic acids is 2. The van der Waals surface area contributed by atoms with Gasteiger partial charge in [0.2, 0.25) is 5.91 Å². The molecular formula is C25H24ClN3O2. The van der Waals surface area contributed by atoms with Crippen LogP contribution in [0, 0.1) is 0 Å². The number of likely N-dealkylation sites (tertiary alicyclic amines) is 1. The van der Waals surface area contributed by atoms with Crippen molar-refractivity contribution in [2.75, 3.05) is 18.4 Å². The number of aromatic nitrogens is 1. The first-order valence-electron chi connectivity index (χ1n) is 10.4. The zero-order chi connectivity index (χ0) is 21.8. The van der Waals surface area contributed by atoms with Gasteiger partial charge in [0.1, 0.15) is 0 Å². The molecule has 1 saturated heterocycles. The first-order valence-corrected chi connectivity index (χ1v) is 10.8. The van der Waals surface area contributed by atoms with Gasteiger partial charge in [0, 0.05) is 53.5 Å². The standard InChI is InChI=1S/C25H24ClN3O2/c1-17(30)27-22-12-10-18(11-13-22)25(31)29-14-4-6-20(16-29)24-9-3-8-23(28-24)19-5-2-7-21(26)15-19/h2-3,5,7-13,15,20H,4,6,14,16H2,1H3,(H,27,30). The Bertz CT molecular complexity index is 1100. The predicted molar refractivity (Wildman–Crippen MR) is 123 cm³/mol. The summed E-state index contributed by atoms with van der Waals surface area (Å²) in [4.78, 5) is 31.0. The molecule has 0 bridgehead atoms. The zero-order valence-corrected chi connectivity index (χ0v) is 18.1. The van der Waals surface area contributed by atoms with E-state index in [0.29, 0.717) is 22.8 Å². The number of nitrogens with one attached hydrogen (secondary N) is 1. The van der Waals surface area contributed by atoms with E-state index in [1.165, 1.54) is 6.92 Å². The lowest BCUT2D eigenvalue weighted by Gasteiger charge is -2.32. The van der Waals surface area contributed by atoms with Gasteiger partial charge in [-0.3, -0.25) is 14.6 Å². The van der Waals surface area contributed by atoms with Crippen molar-refractivity contribution >= 4 is 29.1 Å². The fraction of sp³-hybridized carbons (Fsp3) is 0.240. The summed E-state index contributed by atoms with van der Waals surface area (Å²) >= 11 is 6.14. The Morgan fingerprint density at radius 1 is 1.06 bits per heavy atom. The molecule has 1 aliphatic rings. The summed E-state index contributed by atoms with van der Waals surface area (Å²) in [6.45, 7) is 2.83. The highest BCUT2D eigenvalue weighted by Gasteiger charge is 2.26. The number of pyridine rings is 1. The van der Waals surface area contributed by atoms with Crippen LogP contribution in [0.15, 0.2) is 66.7 Å². The maximum atomic E-state index is 13.0. The molecule has 5 nitrogen and oxygen atoms in total. The van der Waals surface area contributed by atoms with Crippen LogP contribution in [-0.2, 0) is 4.79 Å². The van der Waals surface area contributed by atoms with Gasteiger partial charge in [-0.2, -0.15) is 0 Å². The molecule has 6 heteroatoms. The summed E-state index contributed by atoms with van der Waals surface area (Å²) in [5.41, 5.74) is 4.17. The van der Waals surface area contributed by atoms with E-state index in [9.17, 15) is 9.59 Å². The Labute approximate surface area is 187 Å². The van der Waals surface area contributed by atoms with Gasteiger partial charge in [0.25, 0.3) is 5.91 Å². The Balaban J connectivity index is 1.49. The van der Waals surface area contributed by atoms with E-state index < -0.39 is 0 Å². The topological polar surface area (TPSA) is 62.3 Å². The molecule has 2 amide bonds. The molecule has 1 fully saturated rings. The molecule has 1 aromatic heterocycles. The van der Waals surface area contributed by atoms with E-state index in [0.717, 1.165) is 36.3 Å². The molecular weight excluding hydrogens is 410 g/mol. The van der Waals surface area contributed by atoms with E-state index in [2.05, 4.69) is 5.32 Å². The lowest BCUT2D eigenvalue weighted by Crippen LogP contribution is -2.39. The molecule has 1 aliphatic heterocycles. The average molecular weight is 434 g/mol. The number of hydrogen-bond acceptors (Lipinski definition) is 3. The summed E-state index contributed by atoms with van der Waals surface area (Å²) in [6, 6.07) is 20.7. The predicted octanol–water partition coefficient (Wildman–Crippen LogP) is 5.38. The molecule has 158 valence electrons. The zero-order valence-electron chi connectivity index (χ0n) is 17.3. The van der Waals surface area contributed by atoms with Crippen molar-refractivity contribution in [1.29, 1.82) is 0 Å². The van der Waals surface area contributed by atoms with Gasteiger partial charge in [0.05, 0.1) is 5.69 Å². The van der Waals surface area contributed by atoms with E-state index in [1.54, 1.807) is 24.3 Å². The Morgan fingerprint density at radius 3 is 2.58 bits per heavy atom. The third-order valence-corrected chi connectivity index (χ3v) is 5.71. The summed E-state index contributed by atoms with van der Waals surface area (Å²) in [5.74, 6) is 0.0611. The molecule has 4 rings (SSSR count). The number of rotatable bonds is 4. The van der Waals surface area contributed by atoms with E-state index in [1.807, 2.05) is 47.4 Å². The second-order valence-corrected chi connectivity index (χ2v) is 8.24. The molecule has 31 heavy (non-hydrogen) atoms. The number of carbonyl (C=O) groups is 2. The van der Waals surface area contributed by atoms with Crippen molar-refractivity contribution in [2.45, 2.75) is 25.7 Å². The van der Waals surface area contributed by atoms with E-state index in [-0.39, 0.29) is 17.7 Å². The average Bonchev–Trinajstić information content (AvgIpc) is 2.79. The Hall–Kier alpha value is -3.18. The van der Waals surface area contributed by atoms with E-state index >= 15 is 0 Å². The van der Waals surface area contributed by atoms with Crippen molar-refractivity contribution in [2.24, 2.45) is 0 Å². The van der Waals surface area contributed by atoms with E-state index in [4.69, 9.17) is 16.6 Å². The molecule has 0 radical (unpaired) electrons. The fourth-order valence-electron chi connectivity index (χ4n) is 3.97. The van der Waals surface area contributed by atoms with Gasteiger partial charge in [0.15, 0.2) is 0 Å². The van der Waals surface area contributed by atoms with Crippen LogP contribution in [0.25, 0.3) is 11.3 Å². The minimum atomic E-state index is -0.134. The largest absolute Gasteiger partial charge is 0.338 e. The Morgan fingerprint density at radius 2 is 1.84 bits per heavy atom. The maximum Gasteiger partial charge on any atom is 0.253 e. The fourth-order valence-corrected chi connectivity index (χ4v) is 4.16. The highest BCUT2D eigenvalue weighted by atomic mass is 35.5. The van der Waals surface area contributed by atoms with Gasteiger partial charge in [-0.15, -0.1) is 0 Å². The van der Waals surface area contributed by atoms with Crippen LogP contribution in [0.4, 0.5) is 5.69 Å². The maximum absolute atomic E-state index is 13.0. The highest BCUT2D eigenvalue weighted by molar-refractivity contribution is 6.30. The molecule has 1 unspecified atom stereocenters. The molecule has 0 aliphatic carbocycles. The highest BCUT2D eigenvalue weighted by Crippen LogP contribution is 2.29. The molecule has 0 spiro atoms. The van der Waals surface area contributed by atoms with Crippen LogP contribution >= 0.6 is 11.6 Å². The van der Waals surface area contributed by atoms with Crippen LogP contribution in [0.3, 0.4) is 0 Å². The number of nitrogens with zero attached hydrogens (tertiary/aromatic N) is 2. The van der Waals surface area contributed by atoms with Crippen LogP contribution in [0.2, 0.25) is 5.02 Å². The van der Waals surface area contributed by atoms with Crippen LogP contribution in [0.5, 0.6) is 0 Å². The lowest BCUT2D eigenvalue weighted by atomic mass is 9.93. The summed E-state index contributed by atoms with van der Waals surface area (Å²) < 4.78 is 0. The Kier molecular flexibility index (Phi) is 6.33. The third-order valence-electron chi connectivity index (χ3n) is 5.47. The van der Waals surface area contributed by atoms with Gasteiger partial charge in [-0.25, -0.2) is 0 Å². The van der Waals surface area contributed by atoms with Crippen LogP contribution in [-0.4, -0.2) is 34.8 Å². The van der Waals surface area contributed by atoms with Crippen molar-refractivity contribution in [3.63, 3.8) is 0 Å². The summed E-state index contributed by atoms with van der Waals surface area (Å²) in [7, 11) is 0. The minimum absolute atomic E-state index is 0.00470. The second kappa shape index (κ2) is 9.31. The van der Waals surface area contributed by atoms with Gasteiger partial charge < -0.3 is 10.2 Å². The minimum Gasteiger partial charge on any atom is -0.338 e. The number of amides is 2. The van der Waals surface area contributed by atoms with Crippen molar-refractivity contribution in [3.8, 4) is 11.3 Å². The molecule has 1 N–H and O–H groups in total. The SMILES string of the molecule is CC(=O)Nc1ccc(C(=O)N2CCCC(c3cccc(-c4cccc(Cl)c4)n3)C2)cc1. The number of halogens is 1. The smallest absolute Gasteiger partial charge is 0.253 e. The first kappa shape index (κ1) is 21.1. The van der Waals surface area contributed by atoms with Crippen LogP contribution in [0.1, 0.15) is 41.7 Å². The molecule has 1 atom stereocenters. The number of hydrogen-bond donors (Lipinski definition) is 1. The summed E-state index contributed by atoms with van der Waals surface area (Å²) in [5, 5.41) is 3.40. The number of anilines is 1. The lowest BCUT2D eigenvalue weighted by molar-refractivity contribution is -0.114. The molecule has 2 heterocycles.